The van der Waals surface area contributed by atoms with Crippen molar-refractivity contribution in [3.05, 3.63) is 34.0 Å². The van der Waals surface area contributed by atoms with Crippen LogP contribution < -0.4 is 10.6 Å². The minimum absolute atomic E-state index is 0.316. The lowest BCUT2D eigenvalue weighted by Gasteiger charge is -2.08. The first kappa shape index (κ1) is 11.2. The van der Waals surface area contributed by atoms with Gasteiger partial charge in [0, 0.05) is 0 Å². The van der Waals surface area contributed by atoms with Crippen LogP contribution in [0, 0.1) is 19.3 Å². The molecule has 0 saturated carbocycles. The van der Waals surface area contributed by atoms with Crippen molar-refractivity contribution in [1.82, 2.24) is 0 Å². The summed E-state index contributed by atoms with van der Waals surface area (Å²) in [6, 6.07) is 4.08. The largest absolute Gasteiger partial charge is 0.318 e. The van der Waals surface area contributed by atoms with Gasteiger partial charge in [-0.25, -0.2) is 0 Å². The van der Waals surface area contributed by atoms with Crippen molar-refractivity contribution in [3.63, 3.8) is 0 Å². The van der Waals surface area contributed by atoms with Gasteiger partial charge >= 0.3 is 0 Å². The number of thiophene rings is 2. The van der Waals surface area contributed by atoms with E-state index in [1.54, 1.807) is 22.7 Å². The maximum atomic E-state index is 7.83. The molecule has 2 aromatic rings. The summed E-state index contributed by atoms with van der Waals surface area (Å²) in [5.74, 6) is 0.316. The molecule has 0 fully saturated rings. The highest BCUT2D eigenvalue weighted by Crippen LogP contribution is 2.24. The highest BCUT2D eigenvalue weighted by molar-refractivity contribution is 7.15. The summed E-state index contributed by atoms with van der Waals surface area (Å²) < 4.78 is 0. The van der Waals surface area contributed by atoms with Crippen molar-refractivity contribution < 1.29 is 0 Å². The summed E-state index contributed by atoms with van der Waals surface area (Å²) in [4.78, 5) is 0. The second-order valence-corrected chi connectivity index (χ2v) is 5.32. The van der Waals surface area contributed by atoms with Crippen LogP contribution in [0.5, 0.6) is 0 Å². The highest BCUT2D eigenvalue weighted by Gasteiger charge is 2.05. The SMILES string of the molecule is Cc1ccsc1NC(=N)Nc1sccc1C. The monoisotopic (exact) mass is 251 g/mol. The van der Waals surface area contributed by atoms with Crippen molar-refractivity contribution in [3.8, 4) is 0 Å². The second-order valence-electron chi connectivity index (χ2n) is 3.49. The Hall–Kier alpha value is -1.33. The van der Waals surface area contributed by atoms with Gasteiger partial charge in [0.2, 0.25) is 0 Å². The van der Waals surface area contributed by atoms with Crippen molar-refractivity contribution in [2.24, 2.45) is 0 Å². The van der Waals surface area contributed by atoms with E-state index in [0.29, 0.717) is 5.96 Å². The third kappa shape index (κ3) is 2.43. The molecule has 3 nitrogen and oxygen atoms in total. The molecule has 0 radical (unpaired) electrons. The molecule has 2 heterocycles. The number of anilines is 2. The van der Waals surface area contributed by atoms with Crippen molar-refractivity contribution in [1.29, 1.82) is 5.41 Å². The third-order valence-corrected chi connectivity index (χ3v) is 4.07. The molecule has 3 N–H and O–H groups in total. The molecule has 0 aromatic carbocycles. The van der Waals surface area contributed by atoms with E-state index < -0.39 is 0 Å². The molecule has 16 heavy (non-hydrogen) atoms. The fraction of sp³-hybridized carbons (Fsp3) is 0.182. The summed E-state index contributed by atoms with van der Waals surface area (Å²) in [6.07, 6.45) is 0. The molecular weight excluding hydrogens is 238 g/mol. The molecule has 2 aromatic heterocycles. The Morgan fingerprint density at radius 2 is 1.44 bits per heavy atom. The van der Waals surface area contributed by atoms with Crippen molar-refractivity contribution in [2.75, 3.05) is 10.6 Å². The summed E-state index contributed by atoms with van der Waals surface area (Å²) in [6.45, 7) is 4.06. The molecule has 0 amide bonds. The smallest absolute Gasteiger partial charge is 0.198 e. The molecule has 0 unspecified atom stereocenters. The van der Waals surface area contributed by atoms with Crippen LogP contribution in [-0.4, -0.2) is 5.96 Å². The fourth-order valence-electron chi connectivity index (χ4n) is 1.26. The van der Waals surface area contributed by atoms with Gasteiger partial charge in [0.15, 0.2) is 5.96 Å². The number of guanidine groups is 1. The molecule has 0 aliphatic heterocycles. The van der Waals surface area contributed by atoms with E-state index in [-0.39, 0.29) is 0 Å². The summed E-state index contributed by atoms with van der Waals surface area (Å²) in [5.41, 5.74) is 2.33. The zero-order valence-corrected chi connectivity index (χ0v) is 10.8. The second kappa shape index (κ2) is 4.67. The van der Waals surface area contributed by atoms with E-state index in [0.717, 1.165) is 10.0 Å². The van der Waals surface area contributed by atoms with E-state index in [1.165, 1.54) is 11.1 Å². The van der Waals surface area contributed by atoms with E-state index >= 15 is 0 Å². The van der Waals surface area contributed by atoms with Gasteiger partial charge < -0.3 is 10.6 Å². The standard InChI is InChI=1S/C11H13N3S2/c1-7-3-5-15-9(7)13-11(12)14-10-8(2)4-6-16-10/h3-6H,1-2H3,(H3,12,13,14). The normalized spacial score (nSPS) is 10.1. The predicted molar refractivity (Wildman–Crippen MR) is 73.1 cm³/mol. The van der Waals surface area contributed by atoms with Gasteiger partial charge in [-0.2, -0.15) is 0 Å². The number of hydrogen-bond acceptors (Lipinski definition) is 3. The van der Waals surface area contributed by atoms with Gasteiger partial charge in [-0.3, -0.25) is 5.41 Å². The Bertz CT molecular complexity index is 455. The van der Waals surface area contributed by atoms with E-state index in [2.05, 4.69) is 10.6 Å². The van der Waals surface area contributed by atoms with E-state index in [1.807, 2.05) is 36.7 Å². The molecule has 0 saturated heterocycles. The van der Waals surface area contributed by atoms with Crippen LogP contribution in [0.25, 0.3) is 0 Å². The fourth-order valence-corrected chi connectivity index (χ4v) is 2.91. The van der Waals surface area contributed by atoms with E-state index in [9.17, 15) is 0 Å². The average Bonchev–Trinajstić information content (AvgIpc) is 2.79. The van der Waals surface area contributed by atoms with Crippen molar-refractivity contribution >= 4 is 38.6 Å². The molecular formula is C11H13N3S2. The number of rotatable bonds is 2. The van der Waals surface area contributed by atoms with Crippen LogP contribution in [-0.2, 0) is 0 Å². The summed E-state index contributed by atoms with van der Waals surface area (Å²) in [5, 5.41) is 20.0. The topological polar surface area (TPSA) is 47.9 Å². The maximum Gasteiger partial charge on any atom is 0.198 e. The zero-order valence-electron chi connectivity index (χ0n) is 9.13. The zero-order chi connectivity index (χ0) is 11.5. The summed E-state index contributed by atoms with van der Waals surface area (Å²) in [7, 11) is 0. The molecule has 0 aliphatic rings. The minimum Gasteiger partial charge on any atom is -0.318 e. The molecule has 5 heteroatoms. The Balaban J connectivity index is 2.00. The van der Waals surface area contributed by atoms with Crippen LogP contribution in [0.2, 0.25) is 0 Å². The lowest BCUT2D eigenvalue weighted by atomic mass is 10.3. The highest BCUT2D eigenvalue weighted by atomic mass is 32.1. The Morgan fingerprint density at radius 3 is 1.75 bits per heavy atom. The Labute approximate surface area is 103 Å². The minimum atomic E-state index is 0.316. The Kier molecular flexibility index (Phi) is 3.26. The maximum absolute atomic E-state index is 7.83. The molecule has 2 rings (SSSR count). The molecule has 0 atom stereocenters. The van der Waals surface area contributed by atoms with Gasteiger partial charge in [-0.05, 0) is 47.9 Å². The van der Waals surface area contributed by atoms with Gasteiger partial charge in [-0.15, -0.1) is 22.7 Å². The van der Waals surface area contributed by atoms with Crippen LogP contribution in [0.3, 0.4) is 0 Å². The first-order valence-corrected chi connectivity index (χ1v) is 6.63. The lowest BCUT2D eigenvalue weighted by molar-refractivity contribution is 1.42. The van der Waals surface area contributed by atoms with Gasteiger partial charge in [-0.1, -0.05) is 0 Å². The average molecular weight is 251 g/mol. The van der Waals surface area contributed by atoms with Crippen LogP contribution in [0.4, 0.5) is 10.0 Å². The Morgan fingerprint density at radius 1 is 1.00 bits per heavy atom. The number of hydrogen-bond donors (Lipinski definition) is 3. The lowest BCUT2D eigenvalue weighted by Crippen LogP contribution is -2.19. The molecule has 0 bridgehead atoms. The summed E-state index contributed by atoms with van der Waals surface area (Å²) >= 11 is 3.21. The molecule has 84 valence electrons. The molecule has 0 spiro atoms. The van der Waals surface area contributed by atoms with Gasteiger partial charge in [0.05, 0.1) is 10.0 Å². The first-order valence-electron chi connectivity index (χ1n) is 4.87. The number of aryl methyl sites for hydroxylation is 2. The van der Waals surface area contributed by atoms with Crippen LogP contribution in [0.15, 0.2) is 22.9 Å². The third-order valence-electron chi connectivity index (χ3n) is 2.20. The first-order chi connectivity index (χ1) is 7.66. The number of nitrogens with one attached hydrogen (secondary N) is 3. The van der Waals surface area contributed by atoms with Crippen LogP contribution >= 0.6 is 22.7 Å². The van der Waals surface area contributed by atoms with Gasteiger partial charge in [0.25, 0.3) is 0 Å². The quantitative estimate of drug-likeness (QED) is 0.560. The van der Waals surface area contributed by atoms with Gasteiger partial charge in [0.1, 0.15) is 0 Å². The van der Waals surface area contributed by atoms with E-state index in [4.69, 9.17) is 5.41 Å². The predicted octanol–water partition coefficient (Wildman–Crippen LogP) is 3.89. The van der Waals surface area contributed by atoms with Crippen LogP contribution in [0.1, 0.15) is 11.1 Å². The van der Waals surface area contributed by atoms with Crippen molar-refractivity contribution in [2.45, 2.75) is 13.8 Å². The molecule has 0 aliphatic carbocycles.